The van der Waals surface area contributed by atoms with Gasteiger partial charge in [-0.2, -0.15) is 21.6 Å². The van der Waals surface area contributed by atoms with E-state index in [-0.39, 0.29) is 6.54 Å². The molecule has 0 radical (unpaired) electrons. The summed E-state index contributed by atoms with van der Waals surface area (Å²) < 4.78 is 80.9. The van der Waals surface area contributed by atoms with Gasteiger partial charge in [-0.15, -0.1) is 0 Å². The van der Waals surface area contributed by atoms with Crippen LogP contribution in [0.25, 0.3) is 0 Å². The molecule has 0 aromatic rings. The van der Waals surface area contributed by atoms with Crippen molar-refractivity contribution in [3.05, 3.63) is 0 Å². The fraction of sp³-hybridized carbons (Fsp3) is 0.909. The molecular weight excluding hydrogens is 334 g/mol. The number of ether oxygens (including phenoxy) is 1. The lowest BCUT2D eigenvalue weighted by atomic mass is 10.1. The van der Waals surface area contributed by atoms with Gasteiger partial charge in [0.05, 0.1) is 6.54 Å². The Hall–Kier alpha value is -1.10. The quantitative estimate of drug-likeness (QED) is 0.433. The maximum Gasteiger partial charge on any atom is 0.523 e. The Balaban J connectivity index is 2.66. The molecule has 0 N–H and O–H groups in total. The first-order valence-electron chi connectivity index (χ1n) is 6.34. The molecule has 22 heavy (non-hydrogen) atoms. The standard InChI is InChI=1S/C11H17F4NO5S/c1-10(2,3)20-9(17)16-5-4-8(7(12)6-16)21-22(18,19)11(13,14)15/h7-8H,4-6H2,1-3H3. The number of hydrogen-bond donors (Lipinski definition) is 0. The molecule has 0 aromatic heterocycles. The van der Waals surface area contributed by atoms with Gasteiger partial charge in [0.2, 0.25) is 0 Å². The van der Waals surface area contributed by atoms with Gasteiger partial charge < -0.3 is 9.64 Å². The van der Waals surface area contributed by atoms with E-state index < -0.39 is 52.6 Å². The van der Waals surface area contributed by atoms with E-state index in [4.69, 9.17) is 4.74 Å². The zero-order valence-electron chi connectivity index (χ0n) is 12.2. The average Bonchev–Trinajstić information content (AvgIpc) is 2.27. The van der Waals surface area contributed by atoms with Crippen LogP contribution < -0.4 is 0 Å². The fourth-order valence-electron chi connectivity index (χ4n) is 1.70. The lowest BCUT2D eigenvalue weighted by molar-refractivity contribution is -0.0654. The highest BCUT2D eigenvalue weighted by molar-refractivity contribution is 7.87. The predicted octanol–water partition coefficient (Wildman–Crippen LogP) is 2.20. The number of amides is 1. The second-order valence-corrected chi connectivity index (χ2v) is 7.33. The second-order valence-electron chi connectivity index (χ2n) is 5.77. The Bertz CT molecular complexity index is 514. The zero-order valence-corrected chi connectivity index (χ0v) is 13.0. The minimum absolute atomic E-state index is 0.173. The van der Waals surface area contributed by atoms with Gasteiger partial charge in [-0.1, -0.05) is 0 Å². The molecule has 0 saturated carbocycles. The molecule has 0 spiro atoms. The molecule has 1 heterocycles. The van der Waals surface area contributed by atoms with Crippen LogP contribution in [0.4, 0.5) is 22.4 Å². The number of alkyl halides is 4. The number of carbonyl (C=O) groups is 1. The SMILES string of the molecule is CC(C)(C)OC(=O)N1CCC(OS(=O)(=O)C(F)(F)F)C(F)C1. The van der Waals surface area contributed by atoms with Crippen molar-refractivity contribution in [3.8, 4) is 0 Å². The van der Waals surface area contributed by atoms with Gasteiger partial charge in [0.1, 0.15) is 17.9 Å². The van der Waals surface area contributed by atoms with Crippen LogP contribution in [0.3, 0.4) is 0 Å². The molecule has 1 fully saturated rings. The summed E-state index contributed by atoms with van der Waals surface area (Å²) in [6.07, 6.45) is -5.08. The monoisotopic (exact) mass is 351 g/mol. The van der Waals surface area contributed by atoms with Gasteiger partial charge in [0.15, 0.2) is 0 Å². The molecule has 6 nitrogen and oxygen atoms in total. The number of nitrogens with zero attached hydrogens (tertiary/aromatic N) is 1. The van der Waals surface area contributed by atoms with E-state index in [0.29, 0.717) is 0 Å². The molecule has 0 aromatic carbocycles. The Morgan fingerprint density at radius 2 is 1.77 bits per heavy atom. The summed E-state index contributed by atoms with van der Waals surface area (Å²) in [5.41, 5.74) is -6.43. The molecule has 0 bridgehead atoms. The normalized spacial score (nSPS) is 24.2. The van der Waals surface area contributed by atoms with Crippen LogP contribution in [-0.2, 0) is 19.0 Å². The number of hydrogen-bond acceptors (Lipinski definition) is 5. The van der Waals surface area contributed by atoms with Crippen molar-refractivity contribution >= 4 is 16.2 Å². The van der Waals surface area contributed by atoms with Crippen LogP contribution >= 0.6 is 0 Å². The van der Waals surface area contributed by atoms with Crippen LogP contribution in [-0.4, -0.2) is 55.9 Å². The Morgan fingerprint density at radius 1 is 1.23 bits per heavy atom. The van der Waals surface area contributed by atoms with E-state index in [0.717, 1.165) is 4.90 Å². The van der Waals surface area contributed by atoms with Crippen molar-refractivity contribution in [1.82, 2.24) is 4.90 Å². The summed E-state index contributed by atoms with van der Waals surface area (Å²) in [7, 11) is -5.87. The van der Waals surface area contributed by atoms with Crippen molar-refractivity contribution in [2.75, 3.05) is 13.1 Å². The van der Waals surface area contributed by atoms with Gasteiger partial charge in [0.25, 0.3) is 0 Å². The molecule has 11 heteroatoms. The Labute approximate surface area is 125 Å². The molecule has 2 atom stereocenters. The van der Waals surface area contributed by atoms with Crippen molar-refractivity contribution in [2.45, 2.75) is 50.6 Å². The largest absolute Gasteiger partial charge is 0.523 e. The molecule has 1 amide bonds. The van der Waals surface area contributed by atoms with E-state index in [1.807, 2.05) is 0 Å². The molecule has 1 rings (SSSR count). The molecular formula is C11H17F4NO5S. The molecule has 1 aliphatic rings. The van der Waals surface area contributed by atoms with Crippen LogP contribution in [0.1, 0.15) is 27.2 Å². The van der Waals surface area contributed by atoms with Gasteiger partial charge in [-0.3, -0.25) is 4.18 Å². The summed E-state index contributed by atoms with van der Waals surface area (Å²) in [5.74, 6) is 0. The fourth-order valence-corrected chi connectivity index (χ4v) is 2.35. The summed E-state index contributed by atoms with van der Waals surface area (Å²) in [6, 6.07) is 0. The first-order valence-corrected chi connectivity index (χ1v) is 7.75. The first-order chi connectivity index (χ1) is 9.73. The van der Waals surface area contributed by atoms with Gasteiger partial charge in [0, 0.05) is 6.54 Å². The van der Waals surface area contributed by atoms with Crippen LogP contribution in [0.15, 0.2) is 0 Å². The van der Waals surface area contributed by atoms with Gasteiger partial charge >= 0.3 is 21.7 Å². The number of piperidine rings is 1. The first kappa shape index (κ1) is 18.9. The maximum absolute atomic E-state index is 13.8. The van der Waals surface area contributed by atoms with E-state index >= 15 is 0 Å². The minimum Gasteiger partial charge on any atom is -0.444 e. The molecule has 1 aliphatic heterocycles. The van der Waals surface area contributed by atoms with Crippen LogP contribution in [0, 0.1) is 0 Å². The number of rotatable bonds is 2. The van der Waals surface area contributed by atoms with E-state index in [9.17, 15) is 30.8 Å². The summed E-state index contributed by atoms with van der Waals surface area (Å²) in [5, 5.41) is 0. The predicted molar refractivity (Wildman–Crippen MR) is 67.2 cm³/mol. The number of likely N-dealkylation sites (tertiary alicyclic amines) is 1. The summed E-state index contributed by atoms with van der Waals surface area (Å²) >= 11 is 0. The smallest absolute Gasteiger partial charge is 0.444 e. The average molecular weight is 351 g/mol. The van der Waals surface area contributed by atoms with Gasteiger partial charge in [-0.05, 0) is 27.2 Å². The van der Waals surface area contributed by atoms with E-state index in [1.54, 1.807) is 20.8 Å². The summed E-state index contributed by atoms with van der Waals surface area (Å²) in [6.45, 7) is 4.02. The van der Waals surface area contributed by atoms with Crippen molar-refractivity contribution < 1.29 is 39.7 Å². The van der Waals surface area contributed by atoms with Crippen molar-refractivity contribution in [1.29, 1.82) is 0 Å². The molecule has 130 valence electrons. The number of halogens is 4. The highest BCUT2D eigenvalue weighted by Crippen LogP contribution is 2.29. The minimum atomic E-state index is -5.87. The maximum atomic E-state index is 13.8. The molecule has 0 aliphatic carbocycles. The third-order valence-electron chi connectivity index (χ3n) is 2.67. The van der Waals surface area contributed by atoms with E-state index in [1.165, 1.54) is 0 Å². The lowest BCUT2D eigenvalue weighted by Gasteiger charge is -2.35. The lowest BCUT2D eigenvalue weighted by Crippen LogP contribution is -2.50. The number of carbonyl (C=O) groups excluding carboxylic acids is 1. The third kappa shape index (κ3) is 4.97. The Kier molecular flexibility index (Phi) is 5.33. The van der Waals surface area contributed by atoms with Gasteiger partial charge in [-0.25, -0.2) is 9.18 Å². The molecule has 1 saturated heterocycles. The second kappa shape index (κ2) is 6.19. The Morgan fingerprint density at radius 3 is 2.18 bits per heavy atom. The topological polar surface area (TPSA) is 72.9 Å². The zero-order chi connectivity index (χ0) is 17.3. The van der Waals surface area contributed by atoms with Crippen LogP contribution in [0.2, 0.25) is 0 Å². The van der Waals surface area contributed by atoms with E-state index in [2.05, 4.69) is 4.18 Å². The third-order valence-corrected chi connectivity index (χ3v) is 3.73. The van der Waals surface area contributed by atoms with Crippen molar-refractivity contribution in [2.24, 2.45) is 0 Å². The van der Waals surface area contributed by atoms with Crippen molar-refractivity contribution in [3.63, 3.8) is 0 Å². The summed E-state index contributed by atoms with van der Waals surface area (Å²) in [4.78, 5) is 12.7. The van der Waals surface area contributed by atoms with Crippen LogP contribution in [0.5, 0.6) is 0 Å². The molecule has 2 unspecified atom stereocenters. The highest BCUT2D eigenvalue weighted by Gasteiger charge is 2.50. The highest BCUT2D eigenvalue weighted by atomic mass is 32.2.